The van der Waals surface area contributed by atoms with Crippen LogP contribution in [0, 0.1) is 34.5 Å². The van der Waals surface area contributed by atoms with Crippen molar-refractivity contribution in [1.29, 1.82) is 0 Å². The van der Waals surface area contributed by atoms with Crippen LogP contribution in [0.1, 0.15) is 52.4 Å². The zero-order chi connectivity index (χ0) is 15.7. The molecule has 4 aliphatic carbocycles. The summed E-state index contributed by atoms with van der Waals surface area (Å²) in [6.07, 6.45) is 10.3. The first kappa shape index (κ1) is 15.0. The first-order valence-corrected chi connectivity index (χ1v) is 9.34. The highest BCUT2D eigenvalue weighted by Gasteiger charge is 2.60. The van der Waals surface area contributed by atoms with E-state index in [4.69, 9.17) is 0 Å². The molecule has 3 heteroatoms. The van der Waals surface area contributed by atoms with E-state index in [0.29, 0.717) is 29.5 Å². The third kappa shape index (κ3) is 1.75. The molecular weight excluding hydrogens is 292 g/mol. The average molecular weight is 318 g/mol. The van der Waals surface area contributed by atoms with Crippen molar-refractivity contribution in [1.82, 2.24) is 0 Å². The minimum absolute atomic E-state index is 0.0566. The van der Waals surface area contributed by atoms with Gasteiger partial charge in [0.1, 0.15) is 5.78 Å². The average Bonchev–Trinajstić information content (AvgIpc) is 2.79. The fourth-order valence-corrected chi connectivity index (χ4v) is 7.05. The smallest absolute Gasteiger partial charge is 0.168 e. The molecular formula is C19H26O2S. The van der Waals surface area contributed by atoms with Gasteiger partial charge in [0.2, 0.25) is 0 Å². The van der Waals surface area contributed by atoms with Gasteiger partial charge in [0, 0.05) is 11.8 Å². The topological polar surface area (TPSA) is 34.1 Å². The summed E-state index contributed by atoms with van der Waals surface area (Å²) in [5.41, 5.74) is 0.0368. The Kier molecular flexibility index (Phi) is 3.21. The van der Waals surface area contributed by atoms with Crippen molar-refractivity contribution in [2.45, 2.75) is 57.6 Å². The molecule has 4 rings (SSSR count). The van der Waals surface area contributed by atoms with Gasteiger partial charge >= 0.3 is 0 Å². The van der Waals surface area contributed by atoms with E-state index in [9.17, 15) is 9.59 Å². The number of hydrogen-bond donors (Lipinski definition) is 1. The van der Waals surface area contributed by atoms with Crippen molar-refractivity contribution in [2.75, 3.05) is 0 Å². The van der Waals surface area contributed by atoms with Crippen LogP contribution in [0.5, 0.6) is 0 Å². The van der Waals surface area contributed by atoms with Gasteiger partial charge in [-0.25, -0.2) is 0 Å². The van der Waals surface area contributed by atoms with E-state index in [2.05, 4.69) is 32.6 Å². The molecule has 2 unspecified atom stereocenters. The number of hydrogen-bond acceptors (Lipinski definition) is 3. The van der Waals surface area contributed by atoms with Crippen molar-refractivity contribution >= 4 is 24.2 Å². The molecule has 4 aliphatic rings. The Morgan fingerprint density at radius 2 is 1.82 bits per heavy atom. The lowest BCUT2D eigenvalue weighted by Gasteiger charge is -2.58. The predicted octanol–water partition coefficient (Wildman–Crippen LogP) is 3.85. The van der Waals surface area contributed by atoms with Gasteiger partial charge in [-0.1, -0.05) is 19.9 Å². The van der Waals surface area contributed by atoms with Crippen LogP contribution in [0.2, 0.25) is 0 Å². The van der Waals surface area contributed by atoms with E-state index in [1.54, 1.807) is 6.08 Å². The van der Waals surface area contributed by atoms with Crippen molar-refractivity contribution in [2.24, 2.45) is 34.5 Å². The van der Waals surface area contributed by atoms with E-state index >= 15 is 0 Å². The van der Waals surface area contributed by atoms with Crippen molar-refractivity contribution < 1.29 is 9.59 Å². The third-order valence-electron chi connectivity index (χ3n) is 7.83. The monoisotopic (exact) mass is 318 g/mol. The van der Waals surface area contributed by atoms with Gasteiger partial charge in [-0.05, 0) is 67.3 Å². The quantitative estimate of drug-likeness (QED) is 0.688. The number of carbonyl (C=O) groups excluding carboxylic acids is 2. The first-order chi connectivity index (χ1) is 10.4. The van der Waals surface area contributed by atoms with Crippen LogP contribution in [-0.2, 0) is 9.59 Å². The predicted molar refractivity (Wildman–Crippen MR) is 89.8 cm³/mol. The second-order valence-corrected chi connectivity index (χ2v) is 9.08. The summed E-state index contributed by atoms with van der Waals surface area (Å²) in [6, 6.07) is 0. The molecule has 0 spiro atoms. The van der Waals surface area contributed by atoms with Crippen LogP contribution in [-0.4, -0.2) is 16.8 Å². The van der Waals surface area contributed by atoms with Crippen molar-refractivity contribution in [3.8, 4) is 0 Å². The minimum atomic E-state index is -0.130. The molecule has 120 valence electrons. The second-order valence-electron chi connectivity index (χ2n) is 8.53. The Morgan fingerprint density at radius 3 is 2.59 bits per heavy atom. The van der Waals surface area contributed by atoms with E-state index < -0.39 is 0 Å². The second kappa shape index (κ2) is 4.72. The molecule has 3 fully saturated rings. The van der Waals surface area contributed by atoms with Gasteiger partial charge in [0.25, 0.3) is 0 Å². The fraction of sp³-hybridized carbons (Fsp3) is 0.789. The maximum atomic E-state index is 12.4. The summed E-state index contributed by atoms with van der Waals surface area (Å²) >= 11 is 4.64. The number of ketones is 2. The molecule has 7 atom stereocenters. The van der Waals surface area contributed by atoms with Crippen LogP contribution in [0.15, 0.2) is 12.2 Å². The molecule has 2 nitrogen and oxygen atoms in total. The summed E-state index contributed by atoms with van der Waals surface area (Å²) in [5.74, 6) is 2.90. The minimum Gasteiger partial charge on any atom is -0.299 e. The SMILES string of the molecule is C[C@]12C=CC(=O)C(S)C1CC[C@@H]1[C@H]2CC[C@]2(C)C(=O)CC[C@@H]12. The first-order valence-electron chi connectivity index (χ1n) is 8.82. The lowest BCUT2D eigenvalue weighted by Crippen LogP contribution is -2.55. The Balaban J connectivity index is 1.71. The highest BCUT2D eigenvalue weighted by Crippen LogP contribution is 2.64. The molecule has 0 aliphatic heterocycles. The van der Waals surface area contributed by atoms with Crippen LogP contribution >= 0.6 is 12.6 Å². The number of Topliss-reactive ketones (excluding diaryl/α,β-unsaturated/α-hetero) is 1. The third-order valence-corrected chi connectivity index (χ3v) is 8.45. The van der Waals surface area contributed by atoms with E-state index in [0.717, 1.165) is 32.1 Å². The van der Waals surface area contributed by atoms with Crippen LogP contribution < -0.4 is 0 Å². The van der Waals surface area contributed by atoms with Gasteiger partial charge in [-0.2, -0.15) is 12.6 Å². The Morgan fingerprint density at radius 1 is 1.05 bits per heavy atom. The van der Waals surface area contributed by atoms with Crippen molar-refractivity contribution in [3.63, 3.8) is 0 Å². The highest BCUT2D eigenvalue weighted by molar-refractivity contribution is 7.81. The molecule has 0 N–H and O–H groups in total. The van der Waals surface area contributed by atoms with E-state index in [1.165, 1.54) is 6.42 Å². The van der Waals surface area contributed by atoms with Crippen LogP contribution in [0.4, 0.5) is 0 Å². The van der Waals surface area contributed by atoms with Gasteiger partial charge < -0.3 is 0 Å². The molecule has 3 saturated carbocycles. The molecule has 0 saturated heterocycles. The molecule has 0 bridgehead atoms. The maximum absolute atomic E-state index is 12.4. The number of rotatable bonds is 0. The summed E-state index contributed by atoms with van der Waals surface area (Å²) < 4.78 is 0. The molecule has 0 amide bonds. The molecule has 0 aromatic carbocycles. The standard InChI is InChI=1S/C19H26O2S/c1-18-10-8-15(20)17(22)14(18)4-3-11-12-5-6-16(21)19(12,2)9-7-13(11)18/h8,10-14,17,22H,3-7,9H2,1-2H3/t11-,12-,13+,14?,17?,18+,19-/m0/s1. The number of fused-ring (bicyclic) bond motifs is 5. The Hall–Kier alpha value is -0.570. The Labute approximate surface area is 138 Å². The summed E-state index contributed by atoms with van der Waals surface area (Å²) in [5, 5.41) is -0.130. The summed E-state index contributed by atoms with van der Waals surface area (Å²) in [6.45, 7) is 4.57. The highest BCUT2D eigenvalue weighted by atomic mass is 32.1. The number of carbonyl (C=O) groups is 2. The van der Waals surface area contributed by atoms with Crippen LogP contribution in [0.25, 0.3) is 0 Å². The Bertz CT molecular complexity index is 568. The molecule has 0 aromatic heterocycles. The maximum Gasteiger partial charge on any atom is 0.168 e. The normalized spacial score (nSPS) is 53.9. The number of thiol groups is 1. The van der Waals surface area contributed by atoms with Gasteiger partial charge in [-0.3, -0.25) is 9.59 Å². The van der Waals surface area contributed by atoms with Crippen molar-refractivity contribution in [3.05, 3.63) is 12.2 Å². The zero-order valence-electron chi connectivity index (χ0n) is 13.5. The lowest BCUT2D eigenvalue weighted by atomic mass is 9.46. The summed E-state index contributed by atoms with van der Waals surface area (Å²) in [4.78, 5) is 24.4. The lowest BCUT2D eigenvalue weighted by molar-refractivity contribution is -0.134. The van der Waals surface area contributed by atoms with Gasteiger partial charge in [0.05, 0.1) is 5.25 Å². The van der Waals surface area contributed by atoms with E-state index in [1.807, 2.05) is 0 Å². The van der Waals surface area contributed by atoms with Gasteiger partial charge in [-0.15, -0.1) is 0 Å². The zero-order valence-corrected chi connectivity index (χ0v) is 14.4. The van der Waals surface area contributed by atoms with E-state index in [-0.39, 0.29) is 21.9 Å². The molecule has 0 radical (unpaired) electrons. The molecule has 22 heavy (non-hydrogen) atoms. The number of allylic oxidation sites excluding steroid dienone is 2. The molecule has 0 aromatic rings. The fourth-order valence-electron chi connectivity index (χ4n) is 6.50. The molecule has 0 heterocycles. The van der Waals surface area contributed by atoms with Gasteiger partial charge in [0.15, 0.2) is 5.78 Å². The largest absolute Gasteiger partial charge is 0.299 e. The summed E-state index contributed by atoms with van der Waals surface area (Å²) in [7, 11) is 0. The van der Waals surface area contributed by atoms with Crippen LogP contribution in [0.3, 0.4) is 0 Å².